The predicted molar refractivity (Wildman–Crippen MR) is 46.4 cm³/mol. The molecular formula is C7HCl3F4. The molecule has 0 aromatic heterocycles. The van der Waals surface area contributed by atoms with Crippen molar-refractivity contribution < 1.29 is 17.6 Å². The van der Waals surface area contributed by atoms with Crippen LogP contribution in [-0.4, -0.2) is 0 Å². The largest absolute Gasteiger partial charge is 0.418 e. The Morgan fingerprint density at radius 3 is 1.93 bits per heavy atom. The van der Waals surface area contributed by atoms with E-state index in [4.69, 9.17) is 34.8 Å². The molecule has 0 atom stereocenters. The van der Waals surface area contributed by atoms with E-state index in [2.05, 4.69) is 0 Å². The maximum atomic E-state index is 12.9. The molecule has 7 heteroatoms. The molecule has 0 N–H and O–H groups in total. The van der Waals surface area contributed by atoms with Crippen LogP contribution in [0.15, 0.2) is 6.07 Å². The van der Waals surface area contributed by atoms with E-state index < -0.39 is 32.6 Å². The SMILES string of the molecule is Fc1c(Cl)c(Cl)cc(C(F)(F)F)c1Cl. The van der Waals surface area contributed by atoms with E-state index in [1.165, 1.54) is 0 Å². The van der Waals surface area contributed by atoms with Gasteiger partial charge in [-0.15, -0.1) is 0 Å². The van der Waals surface area contributed by atoms with Crippen molar-refractivity contribution in [3.63, 3.8) is 0 Å². The molecule has 0 aliphatic heterocycles. The molecule has 0 unspecified atom stereocenters. The van der Waals surface area contributed by atoms with E-state index in [0.717, 1.165) is 0 Å². The van der Waals surface area contributed by atoms with Crippen molar-refractivity contribution in [2.75, 3.05) is 0 Å². The zero-order chi connectivity index (χ0) is 11.1. The van der Waals surface area contributed by atoms with Crippen LogP contribution >= 0.6 is 34.8 Å². The second kappa shape index (κ2) is 3.76. The van der Waals surface area contributed by atoms with Gasteiger partial charge in [0.2, 0.25) is 0 Å². The Bertz CT molecular complexity index is 372. The van der Waals surface area contributed by atoms with Gasteiger partial charge in [-0.05, 0) is 6.07 Å². The van der Waals surface area contributed by atoms with Gasteiger partial charge in [0.15, 0.2) is 5.82 Å². The highest BCUT2D eigenvalue weighted by molar-refractivity contribution is 6.43. The number of hydrogen-bond donors (Lipinski definition) is 0. The summed E-state index contributed by atoms with van der Waals surface area (Å²) in [5.41, 5.74) is -1.34. The average molecular weight is 267 g/mol. The minimum Gasteiger partial charge on any atom is -0.204 e. The second-order valence-electron chi connectivity index (χ2n) is 2.35. The fourth-order valence-electron chi connectivity index (χ4n) is 0.779. The molecule has 0 saturated heterocycles. The van der Waals surface area contributed by atoms with Crippen LogP contribution in [0.4, 0.5) is 17.6 Å². The Balaban J connectivity index is 3.49. The van der Waals surface area contributed by atoms with Crippen molar-refractivity contribution in [1.82, 2.24) is 0 Å². The molecule has 0 nitrogen and oxygen atoms in total. The third-order valence-corrected chi connectivity index (χ3v) is 2.54. The second-order valence-corrected chi connectivity index (χ2v) is 3.51. The van der Waals surface area contributed by atoms with Gasteiger partial charge in [-0.1, -0.05) is 34.8 Å². The lowest BCUT2D eigenvalue weighted by atomic mass is 10.2. The molecule has 0 fully saturated rings. The number of halogens is 7. The summed E-state index contributed by atoms with van der Waals surface area (Å²) in [7, 11) is 0. The first-order valence-corrected chi connectivity index (χ1v) is 4.28. The average Bonchev–Trinajstić information content (AvgIpc) is 2.06. The first-order chi connectivity index (χ1) is 6.25. The van der Waals surface area contributed by atoms with Crippen LogP contribution in [0.3, 0.4) is 0 Å². The molecule has 0 radical (unpaired) electrons. The smallest absolute Gasteiger partial charge is 0.204 e. The van der Waals surface area contributed by atoms with Gasteiger partial charge >= 0.3 is 6.18 Å². The zero-order valence-electron chi connectivity index (χ0n) is 6.22. The monoisotopic (exact) mass is 266 g/mol. The number of rotatable bonds is 0. The zero-order valence-corrected chi connectivity index (χ0v) is 8.49. The molecule has 14 heavy (non-hydrogen) atoms. The lowest BCUT2D eigenvalue weighted by molar-refractivity contribution is -0.137. The molecule has 1 aromatic rings. The van der Waals surface area contributed by atoms with Crippen molar-refractivity contribution in [2.45, 2.75) is 6.18 Å². The van der Waals surface area contributed by atoms with Gasteiger partial charge in [0.05, 0.1) is 20.6 Å². The van der Waals surface area contributed by atoms with E-state index in [1.54, 1.807) is 0 Å². The Labute approximate surface area is 91.4 Å². The van der Waals surface area contributed by atoms with E-state index in [0.29, 0.717) is 6.07 Å². The first-order valence-electron chi connectivity index (χ1n) is 3.15. The van der Waals surface area contributed by atoms with Gasteiger partial charge < -0.3 is 0 Å². The highest BCUT2D eigenvalue weighted by atomic mass is 35.5. The maximum absolute atomic E-state index is 12.9. The van der Waals surface area contributed by atoms with Gasteiger partial charge in [0, 0.05) is 0 Å². The highest BCUT2D eigenvalue weighted by Gasteiger charge is 2.35. The summed E-state index contributed by atoms with van der Waals surface area (Å²) in [6.45, 7) is 0. The third-order valence-electron chi connectivity index (χ3n) is 1.41. The number of benzene rings is 1. The Kier molecular flexibility index (Phi) is 3.19. The standard InChI is InChI=1S/C7HCl3F4/c8-3-1-2(7(12,13)14)4(9)6(11)5(3)10/h1H. The summed E-state index contributed by atoms with van der Waals surface area (Å²) in [5.74, 6) is -1.37. The van der Waals surface area contributed by atoms with Crippen molar-refractivity contribution >= 4 is 34.8 Å². The summed E-state index contributed by atoms with van der Waals surface area (Å²) >= 11 is 15.6. The van der Waals surface area contributed by atoms with Gasteiger partial charge in [0.1, 0.15) is 0 Å². The summed E-state index contributed by atoms with van der Waals surface area (Å²) in [6, 6.07) is 0.481. The fourth-order valence-corrected chi connectivity index (χ4v) is 1.42. The van der Waals surface area contributed by atoms with Crippen LogP contribution in [0.1, 0.15) is 5.56 Å². The summed E-state index contributed by atoms with van der Waals surface area (Å²) in [6.07, 6.45) is -4.76. The normalized spacial score (nSPS) is 11.9. The van der Waals surface area contributed by atoms with E-state index in [1.807, 2.05) is 0 Å². The first kappa shape index (κ1) is 11.9. The summed E-state index contributed by atoms with van der Waals surface area (Å²) < 4.78 is 49.5. The molecule has 0 heterocycles. The molecule has 1 aromatic carbocycles. The highest BCUT2D eigenvalue weighted by Crippen LogP contribution is 2.41. The molecular weight excluding hydrogens is 266 g/mol. The van der Waals surface area contributed by atoms with Crippen LogP contribution in [0.25, 0.3) is 0 Å². The molecule has 78 valence electrons. The maximum Gasteiger partial charge on any atom is 0.418 e. The minimum atomic E-state index is -4.76. The van der Waals surface area contributed by atoms with Gasteiger partial charge in [-0.3, -0.25) is 0 Å². The van der Waals surface area contributed by atoms with Gasteiger partial charge in [0.25, 0.3) is 0 Å². The quantitative estimate of drug-likeness (QED) is 0.360. The molecule has 0 bridgehead atoms. The molecule has 1 rings (SSSR count). The molecule has 0 aliphatic rings. The van der Waals surface area contributed by atoms with Crippen LogP contribution in [0, 0.1) is 5.82 Å². The van der Waals surface area contributed by atoms with Crippen molar-refractivity contribution in [3.8, 4) is 0 Å². The van der Waals surface area contributed by atoms with Crippen LogP contribution < -0.4 is 0 Å². The van der Waals surface area contributed by atoms with E-state index in [-0.39, 0.29) is 0 Å². The fraction of sp³-hybridized carbons (Fsp3) is 0.143. The Morgan fingerprint density at radius 1 is 1.00 bits per heavy atom. The van der Waals surface area contributed by atoms with Crippen LogP contribution in [0.5, 0.6) is 0 Å². The molecule has 0 saturated carbocycles. The third kappa shape index (κ3) is 2.07. The van der Waals surface area contributed by atoms with Crippen molar-refractivity contribution in [1.29, 1.82) is 0 Å². The molecule has 0 aliphatic carbocycles. The summed E-state index contributed by atoms with van der Waals surface area (Å²) in [4.78, 5) is 0. The van der Waals surface area contributed by atoms with Gasteiger partial charge in [-0.2, -0.15) is 13.2 Å². The molecule has 0 amide bonds. The van der Waals surface area contributed by atoms with E-state index in [9.17, 15) is 17.6 Å². The lowest BCUT2D eigenvalue weighted by Crippen LogP contribution is -2.07. The van der Waals surface area contributed by atoms with Crippen LogP contribution in [0.2, 0.25) is 15.1 Å². The van der Waals surface area contributed by atoms with Crippen molar-refractivity contribution in [3.05, 3.63) is 32.5 Å². The van der Waals surface area contributed by atoms with Crippen molar-refractivity contribution in [2.24, 2.45) is 0 Å². The number of alkyl halides is 3. The lowest BCUT2D eigenvalue weighted by Gasteiger charge is -2.10. The topological polar surface area (TPSA) is 0 Å². The Hall–Kier alpha value is -0.190. The minimum absolute atomic E-state index is 0.481. The number of hydrogen-bond acceptors (Lipinski definition) is 0. The van der Waals surface area contributed by atoms with E-state index >= 15 is 0 Å². The molecule has 0 spiro atoms. The predicted octanol–water partition coefficient (Wildman–Crippen LogP) is 4.80. The summed E-state index contributed by atoms with van der Waals surface area (Å²) in [5, 5.41) is -2.22. The van der Waals surface area contributed by atoms with Crippen LogP contribution in [-0.2, 0) is 6.18 Å². The van der Waals surface area contributed by atoms with Gasteiger partial charge in [-0.25, -0.2) is 4.39 Å². The Morgan fingerprint density at radius 2 is 1.50 bits per heavy atom.